The van der Waals surface area contributed by atoms with Gasteiger partial charge in [0.2, 0.25) is 0 Å². The fraction of sp³-hybridized carbons (Fsp3) is 0.811. The van der Waals surface area contributed by atoms with E-state index < -0.39 is 6.10 Å². The zero-order valence-corrected chi connectivity index (χ0v) is 38.8. The van der Waals surface area contributed by atoms with Crippen molar-refractivity contribution in [3.8, 4) is 0 Å². The molecule has 0 amide bonds. The van der Waals surface area contributed by atoms with Crippen molar-refractivity contribution in [2.45, 2.75) is 258 Å². The van der Waals surface area contributed by atoms with E-state index in [1.54, 1.807) is 0 Å². The zero-order chi connectivity index (χ0) is 42.1. The summed E-state index contributed by atoms with van der Waals surface area (Å²) in [6, 6.07) is 0. The van der Waals surface area contributed by atoms with E-state index in [0.29, 0.717) is 19.4 Å². The lowest BCUT2D eigenvalue weighted by Gasteiger charge is -2.18. The Morgan fingerprint density at radius 3 is 1.24 bits per heavy atom. The van der Waals surface area contributed by atoms with Gasteiger partial charge in [-0.25, -0.2) is 0 Å². The Morgan fingerprint density at radius 1 is 0.397 bits per heavy atom. The Balaban J connectivity index is 4.21. The summed E-state index contributed by atoms with van der Waals surface area (Å²) in [6.07, 6.45) is 59.8. The van der Waals surface area contributed by atoms with Crippen LogP contribution in [0.15, 0.2) is 48.6 Å². The summed E-state index contributed by atoms with van der Waals surface area (Å²) in [5.41, 5.74) is 0. The van der Waals surface area contributed by atoms with Crippen LogP contribution >= 0.6 is 0 Å². The molecule has 0 rings (SSSR count). The highest BCUT2D eigenvalue weighted by molar-refractivity contribution is 5.70. The van der Waals surface area contributed by atoms with Gasteiger partial charge in [-0.05, 0) is 57.8 Å². The number of allylic oxidation sites excluding steroid dienone is 8. The zero-order valence-electron chi connectivity index (χ0n) is 38.8. The van der Waals surface area contributed by atoms with Crippen molar-refractivity contribution in [3.05, 3.63) is 48.6 Å². The van der Waals surface area contributed by atoms with E-state index in [1.165, 1.54) is 148 Å². The van der Waals surface area contributed by atoms with Crippen LogP contribution in [0.3, 0.4) is 0 Å². The average molecular weight is 813 g/mol. The summed E-state index contributed by atoms with van der Waals surface area (Å²) in [6.45, 7) is 7.69. The molecule has 0 saturated heterocycles. The molecule has 0 aliphatic carbocycles. The van der Waals surface area contributed by atoms with Gasteiger partial charge in [0.1, 0.15) is 6.61 Å². The number of hydrogen-bond acceptors (Lipinski definition) is 5. The molecule has 0 N–H and O–H groups in total. The molecule has 338 valence electrons. The van der Waals surface area contributed by atoms with E-state index in [-0.39, 0.29) is 25.2 Å². The summed E-state index contributed by atoms with van der Waals surface area (Å²) in [4.78, 5) is 25.2. The Hall–Kier alpha value is -2.14. The molecule has 0 spiro atoms. The average Bonchev–Trinajstić information content (AvgIpc) is 3.22. The van der Waals surface area contributed by atoms with Gasteiger partial charge >= 0.3 is 11.9 Å². The third-order valence-corrected chi connectivity index (χ3v) is 10.9. The molecule has 0 aliphatic rings. The smallest absolute Gasteiger partial charge is 0.306 e. The van der Waals surface area contributed by atoms with Crippen molar-refractivity contribution in [3.63, 3.8) is 0 Å². The van der Waals surface area contributed by atoms with Crippen molar-refractivity contribution in [1.29, 1.82) is 0 Å². The van der Waals surface area contributed by atoms with Crippen molar-refractivity contribution < 1.29 is 23.8 Å². The third-order valence-electron chi connectivity index (χ3n) is 10.9. The van der Waals surface area contributed by atoms with E-state index in [1.807, 2.05) is 0 Å². The lowest BCUT2D eigenvalue weighted by molar-refractivity contribution is -0.163. The molecule has 0 aromatic rings. The van der Waals surface area contributed by atoms with Crippen molar-refractivity contribution in [2.24, 2.45) is 0 Å². The molecule has 1 unspecified atom stereocenters. The van der Waals surface area contributed by atoms with E-state index >= 15 is 0 Å². The highest BCUT2D eigenvalue weighted by atomic mass is 16.6. The lowest BCUT2D eigenvalue weighted by atomic mass is 10.0. The van der Waals surface area contributed by atoms with Gasteiger partial charge in [-0.3, -0.25) is 9.59 Å². The first kappa shape index (κ1) is 55.9. The maximum atomic E-state index is 12.7. The highest BCUT2D eigenvalue weighted by Gasteiger charge is 2.17. The SMILES string of the molecule is CC/C=C\C/C=C\C/C=C\C/C=C\CCCCC(=O)OCC(COCCCCCCCCCCCCCCCCCCCC)OC(=O)CCCCCCCCCCC. The van der Waals surface area contributed by atoms with Crippen LogP contribution in [0.25, 0.3) is 0 Å². The lowest BCUT2D eigenvalue weighted by Crippen LogP contribution is -2.30. The van der Waals surface area contributed by atoms with Crippen LogP contribution in [0, 0.1) is 0 Å². The molecule has 5 nitrogen and oxygen atoms in total. The molecule has 0 bridgehead atoms. The molecular weight excluding hydrogens is 717 g/mol. The number of rotatable bonds is 46. The van der Waals surface area contributed by atoms with Crippen molar-refractivity contribution in [2.75, 3.05) is 19.8 Å². The van der Waals surface area contributed by atoms with Crippen LogP contribution in [0.2, 0.25) is 0 Å². The number of esters is 2. The number of carbonyl (C=O) groups excluding carboxylic acids is 2. The minimum Gasteiger partial charge on any atom is -0.462 e. The van der Waals surface area contributed by atoms with Crippen molar-refractivity contribution in [1.82, 2.24) is 0 Å². The fourth-order valence-electron chi connectivity index (χ4n) is 7.15. The van der Waals surface area contributed by atoms with Gasteiger partial charge in [-0.1, -0.05) is 230 Å². The highest BCUT2D eigenvalue weighted by Crippen LogP contribution is 2.15. The second-order valence-corrected chi connectivity index (χ2v) is 16.7. The van der Waals surface area contributed by atoms with Crippen LogP contribution < -0.4 is 0 Å². The Morgan fingerprint density at radius 2 is 0.776 bits per heavy atom. The first-order chi connectivity index (χ1) is 28.6. The molecule has 1 atom stereocenters. The normalized spacial score (nSPS) is 12.5. The second-order valence-electron chi connectivity index (χ2n) is 16.7. The monoisotopic (exact) mass is 813 g/mol. The van der Waals surface area contributed by atoms with Gasteiger partial charge in [0.05, 0.1) is 6.61 Å². The van der Waals surface area contributed by atoms with E-state index in [0.717, 1.165) is 70.6 Å². The maximum absolute atomic E-state index is 12.7. The van der Waals surface area contributed by atoms with Gasteiger partial charge < -0.3 is 14.2 Å². The minimum absolute atomic E-state index is 0.0678. The Kier molecular flexibility index (Phi) is 47.4. The molecule has 0 aromatic heterocycles. The van der Waals surface area contributed by atoms with Gasteiger partial charge in [0.15, 0.2) is 6.10 Å². The van der Waals surface area contributed by atoms with Crippen LogP contribution in [0.4, 0.5) is 0 Å². The molecule has 0 aromatic carbocycles. The van der Waals surface area contributed by atoms with Crippen LogP contribution in [-0.4, -0.2) is 37.9 Å². The summed E-state index contributed by atoms with van der Waals surface area (Å²) < 4.78 is 17.3. The molecule has 0 saturated carbocycles. The van der Waals surface area contributed by atoms with Gasteiger partial charge in [0.25, 0.3) is 0 Å². The minimum atomic E-state index is -0.546. The predicted octanol–water partition coefficient (Wildman–Crippen LogP) is 16.8. The quantitative estimate of drug-likeness (QED) is 0.0348. The standard InChI is InChI=1S/C53H96O5/c1-4-7-10-13-16-19-21-23-25-26-27-29-31-33-36-39-42-45-48-56-49-51(58-53(55)47-44-41-38-34-18-15-12-9-6-3)50-57-52(54)46-43-40-37-35-32-30-28-24-22-20-17-14-11-8-5-2/h8,11,17,20,24,28,32,35,51H,4-7,9-10,12-16,18-19,21-23,25-27,29-31,33-34,36-50H2,1-3H3/b11-8-,20-17-,28-24-,35-32-. The fourth-order valence-corrected chi connectivity index (χ4v) is 7.15. The molecule has 58 heavy (non-hydrogen) atoms. The summed E-state index contributed by atoms with van der Waals surface area (Å²) in [5.74, 6) is -0.438. The van der Waals surface area contributed by atoms with Gasteiger partial charge in [-0.15, -0.1) is 0 Å². The number of ether oxygens (including phenoxy) is 3. The van der Waals surface area contributed by atoms with Gasteiger partial charge in [-0.2, -0.15) is 0 Å². The number of carbonyl (C=O) groups is 2. The molecular formula is C53H96O5. The van der Waals surface area contributed by atoms with Crippen LogP contribution in [0.5, 0.6) is 0 Å². The molecule has 0 radical (unpaired) electrons. The first-order valence-electron chi connectivity index (χ1n) is 25.2. The van der Waals surface area contributed by atoms with E-state index in [2.05, 4.69) is 69.4 Å². The second kappa shape index (κ2) is 49.2. The van der Waals surface area contributed by atoms with Crippen molar-refractivity contribution >= 4 is 11.9 Å². The topological polar surface area (TPSA) is 61.8 Å². The molecule has 0 fully saturated rings. The number of unbranched alkanes of at least 4 members (excludes halogenated alkanes) is 27. The van der Waals surface area contributed by atoms with Crippen LogP contribution in [0.1, 0.15) is 252 Å². The Labute approximate surface area is 361 Å². The largest absolute Gasteiger partial charge is 0.462 e. The third kappa shape index (κ3) is 46.5. The molecule has 0 aliphatic heterocycles. The number of hydrogen-bond donors (Lipinski definition) is 0. The van der Waals surface area contributed by atoms with Gasteiger partial charge in [0, 0.05) is 19.4 Å². The maximum Gasteiger partial charge on any atom is 0.306 e. The summed E-state index contributed by atoms with van der Waals surface area (Å²) >= 11 is 0. The summed E-state index contributed by atoms with van der Waals surface area (Å²) in [7, 11) is 0. The summed E-state index contributed by atoms with van der Waals surface area (Å²) in [5, 5.41) is 0. The van der Waals surface area contributed by atoms with E-state index in [9.17, 15) is 9.59 Å². The van der Waals surface area contributed by atoms with E-state index in [4.69, 9.17) is 14.2 Å². The van der Waals surface area contributed by atoms with Crippen LogP contribution in [-0.2, 0) is 23.8 Å². The predicted molar refractivity (Wildman–Crippen MR) is 251 cm³/mol. The molecule has 5 heteroatoms. The Bertz CT molecular complexity index is 966. The molecule has 0 heterocycles. The first-order valence-corrected chi connectivity index (χ1v) is 25.2.